The summed E-state index contributed by atoms with van der Waals surface area (Å²) in [7, 11) is 0. The zero-order chi connectivity index (χ0) is 14.1. The fraction of sp³-hybridized carbons (Fsp3) is 0.625. The number of nitro benzene ring substituents is 1. The monoisotopic (exact) mass is 274 g/mol. The Morgan fingerprint density at radius 3 is 2.60 bits per heavy atom. The fourth-order valence-electron chi connectivity index (χ4n) is 4.07. The molecule has 4 atom stereocenters. The van der Waals surface area contributed by atoms with Crippen molar-refractivity contribution >= 4 is 5.69 Å². The Morgan fingerprint density at radius 2 is 2.05 bits per heavy atom. The molecule has 2 fully saturated rings. The molecule has 0 spiro atoms. The highest BCUT2D eigenvalue weighted by Crippen LogP contribution is 2.49. The van der Waals surface area contributed by atoms with Crippen molar-refractivity contribution in [2.24, 2.45) is 17.8 Å². The van der Waals surface area contributed by atoms with E-state index in [1.54, 1.807) is 12.1 Å². The van der Waals surface area contributed by atoms with Gasteiger partial charge in [0, 0.05) is 24.7 Å². The second-order valence-corrected chi connectivity index (χ2v) is 6.43. The molecule has 4 nitrogen and oxygen atoms in total. The van der Waals surface area contributed by atoms with Gasteiger partial charge in [0.15, 0.2) is 0 Å². The van der Waals surface area contributed by atoms with E-state index in [1.165, 1.54) is 25.7 Å². The lowest BCUT2D eigenvalue weighted by atomic mass is 9.84. The van der Waals surface area contributed by atoms with Crippen LogP contribution in [0.25, 0.3) is 0 Å². The van der Waals surface area contributed by atoms with Crippen LogP contribution in [0, 0.1) is 27.9 Å². The van der Waals surface area contributed by atoms with Gasteiger partial charge >= 0.3 is 0 Å². The molecule has 2 bridgehead atoms. The van der Waals surface area contributed by atoms with Crippen molar-refractivity contribution in [3.63, 3.8) is 0 Å². The molecule has 4 heteroatoms. The number of rotatable bonds is 5. The van der Waals surface area contributed by atoms with E-state index in [9.17, 15) is 10.1 Å². The molecule has 4 unspecified atom stereocenters. The Balaban J connectivity index is 1.52. The standard InChI is InChI=1S/C16H22N2O2/c1-11(16-9-13-2-5-14(16)8-13)17-10-12-3-6-15(7-4-12)18(19)20/h3-4,6-7,11,13-14,16-17H,2,5,8-10H2,1H3. The molecule has 2 aliphatic carbocycles. The molecule has 0 saturated heterocycles. The molecule has 1 aromatic rings. The molecule has 108 valence electrons. The first-order chi connectivity index (χ1) is 9.63. The van der Waals surface area contributed by atoms with E-state index in [-0.39, 0.29) is 10.6 Å². The third kappa shape index (κ3) is 2.70. The van der Waals surface area contributed by atoms with Crippen molar-refractivity contribution in [1.29, 1.82) is 0 Å². The van der Waals surface area contributed by atoms with Gasteiger partial charge in [0.1, 0.15) is 0 Å². The van der Waals surface area contributed by atoms with Crippen molar-refractivity contribution < 1.29 is 4.92 Å². The highest BCUT2D eigenvalue weighted by Gasteiger charge is 2.41. The summed E-state index contributed by atoms with van der Waals surface area (Å²) in [5.41, 5.74) is 1.28. The van der Waals surface area contributed by atoms with Crippen molar-refractivity contribution in [2.45, 2.75) is 45.2 Å². The van der Waals surface area contributed by atoms with Crippen molar-refractivity contribution in [3.05, 3.63) is 39.9 Å². The smallest absolute Gasteiger partial charge is 0.269 e. The Morgan fingerprint density at radius 1 is 1.30 bits per heavy atom. The highest BCUT2D eigenvalue weighted by atomic mass is 16.6. The predicted molar refractivity (Wildman–Crippen MR) is 78.3 cm³/mol. The van der Waals surface area contributed by atoms with E-state index in [2.05, 4.69) is 12.2 Å². The Hall–Kier alpha value is -1.42. The van der Waals surface area contributed by atoms with Crippen LogP contribution in [0.4, 0.5) is 5.69 Å². The number of nitro groups is 1. The van der Waals surface area contributed by atoms with Crippen molar-refractivity contribution in [2.75, 3.05) is 0 Å². The largest absolute Gasteiger partial charge is 0.310 e. The summed E-state index contributed by atoms with van der Waals surface area (Å²) in [6, 6.07) is 7.40. The Bertz CT molecular complexity index is 486. The van der Waals surface area contributed by atoms with Crippen LogP contribution in [0.15, 0.2) is 24.3 Å². The van der Waals surface area contributed by atoms with Gasteiger partial charge in [0.2, 0.25) is 0 Å². The summed E-state index contributed by atoms with van der Waals surface area (Å²) < 4.78 is 0. The summed E-state index contributed by atoms with van der Waals surface area (Å²) in [6.07, 6.45) is 5.68. The van der Waals surface area contributed by atoms with Gasteiger partial charge in [0.25, 0.3) is 5.69 Å². The minimum absolute atomic E-state index is 0.162. The minimum atomic E-state index is -0.352. The molecule has 2 aliphatic rings. The van der Waals surface area contributed by atoms with Gasteiger partial charge in [-0.05, 0) is 49.5 Å². The first-order valence-electron chi connectivity index (χ1n) is 7.60. The molecule has 1 N–H and O–H groups in total. The molecule has 2 saturated carbocycles. The van der Waals surface area contributed by atoms with Crippen LogP contribution in [-0.4, -0.2) is 11.0 Å². The third-order valence-corrected chi connectivity index (χ3v) is 5.21. The topological polar surface area (TPSA) is 55.2 Å². The summed E-state index contributed by atoms with van der Waals surface area (Å²) >= 11 is 0. The summed E-state index contributed by atoms with van der Waals surface area (Å²) in [6.45, 7) is 3.09. The summed E-state index contributed by atoms with van der Waals surface area (Å²) in [5.74, 6) is 2.74. The van der Waals surface area contributed by atoms with E-state index in [4.69, 9.17) is 0 Å². The molecule has 20 heavy (non-hydrogen) atoms. The maximum absolute atomic E-state index is 10.6. The van der Waals surface area contributed by atoms with Gasteiger partial charge < -0.3 is 5.32 Å². The highest BCUT2D eigenvalue weighted by molar-refractivity contribution is 5.32. The van der Waals surface area contributed by atoms with Crippen molar-refractivity contribution in [3.8, 4) is 0 Å². The average molecular weight is 274 g/mol. The second kappa shape index (κ2) is 5.52. The minimum Gasteiger partial charge on any atom is -0.310 e. The van der Waals surface area contributed by atoms with Gasteiger partial charge in [-0.2, -0.15) is 0 Å². The lowest BCUT2D eigenvalue weighted by Gasteiger charge is -2.28. The van der Waals surface area contributed by atoms with Gasteiger partial charge in [-0.25, -0.2) is 0 Å². The van der Waals surface area contributed by atoms with Crippen LogP contribution in [0.5, 0.6) is 0 Å². The number of benzene rings is 1. The first-order valence-corrected chi connectivity index (χ1v) is 7.60. The maximum atomic E-state index is 10.6. The third-order valence-electron chi connectivity index (χ3n) is 5.21. The molecule has 0 radical (unpaired) electrons. The molecular weight excluding hydrogens is 252 g/mol. The Kier molecular flexibility index (Phi) is 3.74. The summed E-state index contributed by atoms with van der Waals surface area (Å²) in [5, 5.41) is 14.2. The summed E-state index contributed by atoms with van der Waals surface area (Å²) in [4.78, 5) is 10.3. The number of hydrogen-bond donors (Lipinski definition) is 1. The van der Waals surface area contributed by atoms with Crippen LogP contribution in [0.3, 0.4) is 0 Å². The fourth-order valence-corrected chi connectivity index (χ4v) is 4.07. The maximum Gasteiger partial charge on any atom is 0.269 e. The number of hydrogen-bond acceptors (Lipinski definition) is 3. The first kappa shape index (κ1) is 13.6. The van der Waals surface area contributed by atoms with Gasteiger partial charge in [-0.15, -0.1) is 0 Å². The molecule has 3 rings (SSSR count). The molecule has 0 aromatic heterocycles. The molecule has 0 amide bonds. The van der Waals surface area contributed by atoms with Crippen LogP contribution >= 0.6 is 0 Å². The van der Waals surface area contributed by atoms with E-state index in [0.717, 1.165) is 29.9 Å². The van der Waals surface area contributed by atoms with Crippen LogP contribution in [0.1, 0.15) is 38.2 Å². The zero-order valence-electron chi connectivity index (χ0n) is 11.9. The molecule has 0 aliphatic heterocycles. The van der Waals surface area contributed by atoms with Crippen molar-refractivity contribution in [1.82, 2.24) is 5.32 Å². The lowest BCUT2D eigenvalue weighted by Crippen LogP contribution is -2.35. The zero-order valence-corrected chi connectivity index (χ0v) is 11.9. The number of nitrogens with zero attached hydrogens (tertiary/aromatic N) is 1. The number of fused-ring (bicyclic) bond motifs is 2. The quantitative estimate of drug-likeness (QED) is 0.660. The SMILES string of the molecule is CC(NCc1ccc([N+](=O)[O-])cc1)C1CC2CCC1C2. The predicted octanol–water partition coefficient (Wildman–Crippen LogP) is 3.51. The van der Waals surface area contributed by atoms with Crippen LogP contribution < -0.4 is 5.32 Å². The van der Waals surface area contributed by atoms with E-state index >= 15 is 0 Å². The Labute approximate surface area is 119 Å². The number of nitrogens with one attached hydrogen (secondary N) is 1. The van der Waals surface area contributed by atoms with E-state index in [0.29, 0.717) is 6.04 Å². The van der Waals surface area contributed by atoms with Gasteiger partial charge in [0.05, 0.1) is 4.92 Å². The number of non-ortho nitro benzene ring substituents is 1. The molecule has 1 aromatic carbocycles. The molecule has 0 heterocycles. The van der Waals surface area contributed by atoms with Gasteiger partial charge in [-0.1, -0.05) is 18.6 Å². The van der Waals surface area contributed by atoms with Crippen LogP contribution in [0.2, 0.25) is 0 Å². The second-order valence-electron chi connectivity index (χ2n) is 6.43. The normalized spacial score (nSPS) is 29.6. The molecular formula is C16H22N2O2. The average Bonchev–Trinajstić information content (AvgIpc) is 3.08. The lowest BCUT2D eigenvalue weighted by molar-refractivity contribution is -0.384. The van der Waals surface area contributed by atoms with Gasteiger partial charge in [-0.3, -0.25) is 10.1 Å². The van der Waals surface area contributed by atoms with E-state index < -0.39 is 0 Å². The van der Waals surface area contributed by atoms with E-state index in [1.807, 2.05) is 12.1 Å². The van der Waals surface area contributed by atoms with Crippen LogP contribution in [-0.2, 0) is 6.54 Å².